The van der Waals surface area contributed by atoms with E-state index in [-0.39, 0.29) is 62.6 Å². The average molecular weight is 1380 g/mol. The van der Waals surface area contributed by atoms with E-state index < -0.39 is 155 Å². The second-order valence-corrected chi connectivity index (χ2v) is 29.4. The Balaban J connectivity index is 2.29. The molecular formula is C70H126N12O15. The number of morpholine rings is 1. The van der Waals surface area contributed by atoms with Crippen LogP contribution in [0, 0.1) is 35.5 Å². The maximum Gasteiger partial charge on any atom is 0.270 e. The third-order valence-corrected chi connectivity index (χ3v) is 19.3. The lowest BCUT2D eigenvalue weighted by molar-refractivity contribution is -0.322. The largest absolute Gasteiger partial charge is 0.396 e. The molecule has 3 heterocycles. The average Bonchev–Trinajstić information content (AvgIpc) is 0.755. The molecule has 0 aromatic heterocycles. The summed E-state index contributed by atoms with van der Waals surface area (Å²) in [5.41, 5.74) is 0. The van der Waals surface area contributed by atoms with Crippen LogP contribution in [0.2, 0.25) is 0 Å². The molecule has 97 heavy (non-hydrogen) atoms. The zero-order chi connectivity index (χ0) is 73.6. The summed E-state index contributed by atoms with van der Waals surface area (Å²) in [6, 6.07) is -13.6. The van der Waals surface area contributed by atoms with Crippen molar-refractivity contribution in [3.8, 4) is 0 Å². The Labute approximate surface area is 579 Å². The number of aliphatic hydroxyl groups excluding tert-OH is 1. The zero-order valence-electron chi connectivity index (χ0n) is 62.9. The van der Waals surface area contributed by atoms with Crippen LogP contribution in [0.25, 0.3) is 0 Å². The Bertz CT molecular complexity index is 2600. The first-order valence-corrected chi connectivity index (χ1v) is 35.7. The van der Waals surface area contributed by atoms with E-state index in [4.69, 9.17) is 14.3 Å². The number of carbonyl (C=O) groups is 11. The zero-order valence-corrected chi connectivity index (χ0v) is 62.9. The van der Waals surface area contributed by atoms with E-state index in [0.29, 0.717) is 32.5 Å². The van der Waals surface area contributed by atoms with E-state index in [9.17, 15) is 33.9 Å². The van der Waals surface area contributed by atoms with E-state index >= 15 is 24.0 Å². The van der Waals surface area contributed by atoms with Gasteiger partial charge in [-0.3, -0.25) is 62.5 Å². The highest BCUT2D eigenvalue weighted by Crippen LogP contribution is 2.34. The summed E-state index contributed by atoms with van der Waals surface area (Å²) < 4.78 is 11.9. The minimum absolute atomic E-state index is 0.0445. The summed E-state index contributed by atoms with van der Waals surface area (Å²) in [7, 11) is 8.65. The topological polar surface area (TPSA) is 310 Å². The molecule has 0 aromatic carbocycles. The first-order chi connectivity index (χ1) is 45.4. The maximum absolute atomic E-state index is 15.3. The lowest BCUT2D eigenvalue weighted by atomic mass is 9.88. The Hall–Kier alpha value is -6.03. The first-order valence-electron chi connectivity index (χ1n) is 35.7. The number of likely N-dealkylation sites (N-methyl/N-ethyl adjacent to an activating group) is 6. The van der Waals surface area contributed by atoms with Crippen molar-refractivity contribution in [2.75, 3.05) is 88.3 Å². The third kappa shape index (κ3) is 23.8. The molecule has 0 saturated carbocycles. The molecule has 0 spiro atoms. The molecule has 3 fully saturated rings. The molecular weight excluding hydrogens is 1250 g/mol. The van der Waals surface area contributed by atoms with Crippen molar-refractivity contribution in [1.82, 2.24) is 60.6 Å². The van der Waals surface area contributed by atoms with Gasteiger partial charge in [0.15, 0.2) is 6.04 Å². The number of unbranched alkanes of at least 4 members (excludes halogenated alkanes) is 4. The molecule has 11 amide bonds. The van der Waals surface area contributed by atoms with Gasteiger partial charge in [0.05, 0.1) is 19.3 Å². The van der Waals surface area contributed by atoms with Gasteiger partial charge in [0.25, 0.3) is 5.91 Å². The van der Waals surface area contributed by atoms with Crippen molar-refractivity contribution in [3.63, 3.8) is 0 Å². The molecule has 0 radical (unpaired) electrons. The monoisotopic (exact) mass is 1370 g/mol. The number of hydrogen-bond acceptors (Lipinski definition) is 16. The van der Waals surface area contributed by atoms with Crippen molar-refractivity contribution in [2.45, 2.75) is 260 Å². The highest BCUT2D eigenvalue weighted by Gasteiger charge is 2.55. The van der Waals surface area contributed by atoms with Crippen LogP contribution in [-0.2, 0) is 67.1 Å². The SMILES string of the molecule is CCC1NC(=O)[C@@H]2[C@@H]([C@H](C)CCCCCCO)ON2C(=O)C(C(C)C)N(C)C(=O)[C@H](CC(C)C)N(C)C(=O)[C@H](CC(C)C)N(C)C(=O)[C@@H](C)NC(=O)C(C)NC(=O)[C@H](CC(C)C)N(C)C(=O)C(C(C)C)NC(=O)C([C@@H](C)OCCCCN2CCOCC2)N(C)C(=O)[C@@H](C)N(C)C1=O. The Morgan fingerprint density at radius 3 is 1.55 bits per heavy atom. The fourth-order valence-corrected chi connectivity index (χ4v) is 13.0. The lowest BCUT2D eigenvalue weighted by Gasteiger charge is -2.50. The summed E-state index contributed by atoms with van der Waals surface area (Å²) in [6.45, 7) is 31.8. The van der Waals surface area contributed by atoms with E-state index in [1.165, 1.54) is 92.5 Å². The molecule has 3 saturated heterocycles. The maximum atomic E-state index is 15.3. The second kappa shape index (κ2) is 40.3. The number of rotatable bonds is 23. The van der Waals surface area contributed by atoms with Crippen LogP contribution in [0.3, 0.4) is 0 Å². The summed E-state index contributed by atoms with van der Waals surface area (Å²) >= 11 is 0. The predicted molar refractivity (Wildman–Crippen MR) is 369 cm³/mol. The van der Waals surface area contributed by atoms with E-state index in [1.54, 1.807) is 41.5 Å². The van der Waals surface area contributed by atoms with Gasteiger partial charge in [0.1, 0.15) is 66.5 Å². The fraction of sp³-hybridized carbons (Fsp3) is 0.843. The van der Waals surface area contributed by atoms with Gasteiger partial charge >= 0.3 is 0 Å². The van der Waals surface area contributed by atoms with Crippen molar-refractivity contribution in [2.24, 2.45) is 35.5 Å². The summed E-state index contributed by atoms with van der Waals surface area (Å²) in [5.74, 6) is -9.33. The van der Waals surface area contributed by atoms with Gasteiger partial charge in [-0.2, -0.15) is 0 Å². The molecule has 14 atom stereocenters. The van der Waals surface area contributed by atoms with Gasteiger partial charge in [-0.15, -0.1) is 0 Å². The minimum Gasteiger partial charge on any atom is -0.396 e. The fourth-order valence-electron chi connectivity index (χ4n) is 13.0. The molecule has 3 aliphatic rings. The third-order valence-electron chi connectivity index (χ3n) is 19.3. The van der Waals surface area contributed by atoms with Crippen molar-refractivity contribution < 1.29 is 72.2 Å². The lowest BCUT2D eigenvalue weighted by Crippen LogP contribution is -2.72. The number of aliphatic hydroxyl groups is 1. The Morgan fingerprint density at radius 1 is 0.495 bits per heavy atom. The van der Waals surface area contributed by atoms with E-state index in [2.05, 4.69) is 26.2 Å². The number of ether oxygens (including phenoxy) is 2. The first kappa shape index (κ1) is 85.2. The van der Waals surface area contributed by atoms with Crippen molar-refractivity contribution in [1.29, 1.82) is 0 Å². The van der Waals surface area contributed by atoms with E-state index in [1.807, 2.05) is 48.5 Å². The van der Waals surface area contributed by atoms with Gasteiger partial charge in [-0.1, -0.05) is 102 Å². The van der Waals surface area contributed by atoms with Gasteiger partial charge in [0, 0.05) is 68.6 Å². The van der Waals surface area contributed by atoms with Crippen molar-refractivity contribution in [3.05, 3.63) is 0 Å². The van der Waals surface area contributed by atoms with Crippen LogP contribution in [0.4, 0.5) is 0 Å². The number of amides is 11. The second-order valence-electron chi connectivity index (χ2n) is 29.4. The van der Waals surface area contributed by atoms with Crippen molar-refractivity contribution >= 4 is 65.0 Å². The van der Waals surface area contributed by atoms with Crippen LogP contribution >= 0.6 is 0 Å². The van der Waals surface area contributed by atoms with Crippen LogP contribution in [0.5, 0.6) is 0 Å². The van der Waals surface area contributed by atoms with E-state index in [0.717, 1.165) is 50.4 Å². The molecule has 0 aromatic rings. The molecule has 0 aliphatic carbocycles. The number of hydrogen-bond donors (Lipinski definition) is 5. The van der Waals surface area contributed by atoms with Gasteiger partial charge in [0.2, 0.25) is 59.1 Å². The predicted octanol–water partition coefficient (Wildman–Crippen LogP) is 3.43. The molecule has 0 bridgehead atoms. The minimum atomic E-state index is -1.39. The quantitative estimate of drug-likeness (QED) is 0.0916. The highest BCUT2D eigenvalue weighted by molar-refractivity contribution is 6.00. The molecule has 3 aliphatic heterocycles. The molecule has 3 rings (SSSR count). The standard InChI is InChI=1S/C70H126N12O15/c1-23-51-66(90)75(17)49(15)65(89)80(22)57(50(16)96-35-29-27-31-81-32-36-95-37-33-81)62(86)74-55(44(8)9)69(93)76(18)52(38-41(2)3)61(85)71-47(13)60(84)72-48(14)64(88)77(19)53(39-42(4)5)67(91)78(20)54(40-43(6)7)68(92)79(21)56(45(10)11)70(94)82-58(63(87)73-51)59(97-82)46(12)30-26-24-25-28-34-83/h41-59,83H,23-40H2,1-22H3,(H,71,85)(H,72,84)(H,73,87)(H,74,86)/t46-,47?,48-,49-,50-,51?,52+,53+,54+,55?,56?,57?,58+,59-/m1/s1. The molecule has 5 N–H and O–H groups in total. The molecule has 27 heteroatoms. The van der Waals surface area contributed by atoms with Gasteiger partial charge in [-0.25, -0.2) is 5.06 Å². The number of nitrogens with one attached hydrogen (secondary N) is 4. The number of carbonyl (C=O) groups excluding carboxylic acids is 11. The molecule has 556 valence electrons. The number of fused-ring (bicyclic) bond motifs is 1. The van der Waals surface area contributed by atoms with Gasteiger partial charge < -0.3 is 65.2 Å². The number of nitrogens with zero attached hydrogens (tertiary/aromatic N) is 8. The summed E-state index contributed by atoms with van der Waals surface area (Å²) in [6.07, 6.45) is 3.58. The molecule has 5 unspecified atom stereocenters. The summed E-state index contributed by atoms with van der Waals surface area (Å²) in [4.78, 5) is 180. The smallest absolute Gasteiger partial charge is 0.270 e. The normalized spacial score (nSPS) is 28.0. The van der Waals surface area contributed by atoms with Gasteiger partial charge in [-0.05, 0) is 121 Å². The summed E-state index contributed by atoms with van der Waals surface area (Å²) in [5, 5.41) is 21.6. The van der Waals surface area contributed by atoms with Crippen LogP contribution in [-0.4, -0.2) is 276 Å². The van der Waals surface area contributed by atoms with Crippen LogP contribution in [0.1, 0.15) is 181 Å². The van der Waals surface area contributed by atoms with Crippen LogP contribution in [0.15, 0.2) is 0 Å². The Kier molecular flexibility index (Phi) is 35.4. The van der Waals surface area contributed by atoms with Crippen LogP contribution < -0.4 is 21.3 Å². The Morgan fingerprint density at radius 2 is 1.01 bits per heavy atom. The number of hydroxylamine groups is 2. The highest BCUT2D eigenvalue weighted by atomic mass is 16.7. The molecule has 27 nitrogen and oxygen atoms in total.